The molecule has 1 aliphatic rings. The first-order chi connectivity index (χ1) is 7.24. The third-order valence-corrected chi connectivity index (χ3v) is 2.55. The number of para-hydroxylation sites is 1. The van der Waals surface area contributed by atoms with Crippen molar-refractivity contribution in [3.63, 3.8) is 0 Å². The molecule has 0 N–H and O–H groups in total. The number of hydrogen-bond acceptors (Lipinski definition) is 2. The smallest absolute Gasteiger partial charge is 0.216 e. The molecule has 0 aromatic heterocycles. The monoisotopic (exact) mass is 200 g/mol. The van der Waals surface area contributed by atoms with Crippen molar-refractivity contribution in [2.75, 3.05) is 19.0 Å². The van der Waals surface area contributed by atoms with Gasteiger partial charge in [-0.2, -0.15) is 5.26 Å². The predicted octanol–water partition coefficient (Wildman–Crippen LogP) is 1.41. The molecular formula is C11H12N4. The van der Waals surface area contributed by atoms with Gasteiger partial charge < -0.3 is 9.80 Å². The van der Waals surface area contributed by atoms with E-state index < -0.39 is 0 Å². The van der Waals surface area contributed by atoms with E-state index in [1.54, 1.807) is 0 Å². The average molecular weight is 200 g/mol. The molecule has 2 rings (SSSR count). The van der Waals surface area contributed by atoms with Gasteiger partial charge >= 0.3 is 0 Å². The maximum atomic E-state index is 8.61. The fourth-order valence-corrected chi connectivity index (χ4v) is 1.87. The van der Waals surface area contributed by atoms with Gasteiger partial charge in [-0.25, -0.2) is 0 Å². The van der Waals surface area contributed by atoms with Gasteiger partial charge in [-0.3, -0.25) is 0 Å². The van der Waals surface area contributed by atoms with Crippen molar-refractivity contribution in [1.29, 1.82) is 5.26 Å². The molecule has 0 aliphatic carbocycles. The fourth-order valence-electron chi connectivity index (χ4n) is 1.87. The number of anilines is 1. The first-order valence-electron chi connectivity index (χ1n) is 4.73. The molecule has 0 atom stereocenters. The van der Waals surface area contributed by atoms with Crippen LogP contribution in [0.4, 0.5) is 5.69 Å². The third kappa shape index (κ3) is 1.52. The minimum Gasteiger partial charge on any atom is -0.340 e. The minimum atomic E-state index is 0.691. The van der Waals surface area contributed by atoms with E-state index in [0.29, 0.717) is 5.96 Å². The first-order valence-corrected chi connectivity index (χ1v) is 4.73. The highest BCUT2D eigenvalue weighted by Gasteiger charge is 2.22. The zero-order valence-corrected chi connectivity index (χ0v) is 8.81. The first kappa shape index (κ1) is 9.53. The lowest BCUT2D eigenvalue weighted by atomic mass is 10.1. The highest BCUT2D eigenvalue weighted by molar-refractivity contribution is 5.98. The molecule has 0 spiro atoms. The van der Waals surface area contributed by atoms with E-state index in [1.165, 1.54) is 5.56 Å². The summed E-state index contributed by atoms with van der Waals surface area (Å²) in [4.78, 5) is 7.72. The van der Waals surface area contributed by atoms with Gasteiger partial charge in [0.15, 0.2) is 0 Å². The number of fused-ring (bicyclic) bond motifs is 1. The molecular weight excluding hydrogens is 188 g/mol. The van der Waals surface area contributed by atoms with Gasteiger partial charge in [0, 0.05) is 26.3 Å². The summed E-state index contributed by atoms with van der Waals surface area (Å²) in [5, 5.41) is 8.61. The highest BCUT2D eigenvalue weighted by atomic mass is 15.4. The molecule has 1 heterocycles. The van der Waals surface area contributed by atoms with Crippen LogP contribution in [0.3, 0.4) is 0 Å². The summed E-state index contributed by atoms with van der Waals surface area (Å²) in [6.07, 6.45) is 1.83. The quantitative estimate of drug-likeness (QED) is 0.594. The largest absolute Gasteiger partial charge is 0.340 e. The van der Waals surface area contributed by atoms with Crippen molar-refractivity contribution < 1.29 is 0 Å². The molecule has 1 aromatic rings. The minimum absolute atomic E-state index is 0.691. The summed E-state index contributed by atoms with van der Waals surface area (Å²) >= 11 is 0. The Morgan fingerprint density at radius 2 is 2.07 bits per heavy atom. The van der Waals surface area contributed by atoms with Crippen LogP contribution in [0.1, 0.15) is 5.56 Å². The molecule has 1 aliphatic heterocycles. The van der Waals surface area contributed by atoms with Crippen LogP contribution in [-0.4, -0.2) is 25.0 Å². The van der Waals surface area contributed by atoms with Crippen molar-refractivity contribution in [1.82, 2.24) is 4.90 Å². The van der Waals surface area contributed by atoms with Gasteiger partial charge in [0.05, 0.1) is 0 Å². The summed E-state index contributed by atoms with van der Waals surface area (Å²) in [7, 11) is 3.85. The third-order valence-electron chi connectivity index (χ3n) is 2.55. The Hall–Kier alpha value is -2.02. The van der Waals surface area contributed by atoms with Gasteiger partial charge in [0.2, 0.25) is 12.2 Å². The van der Waals surface area contributed by atoms with Crippen LogP contribution in [0.5, 0.6) is 0 Å². The standard InChI is InChI=1S/C11H12N4/c1-14-7-9-5-3-4-6-10(9)15(2)11(14)13-8-12/h3-6H,7H2,1-2H3. The Morgan fingerprint density at radius 1 is 1.33 bits per heavy atom. The molecule has 1 aromatic carbocycles. The van der Waals surface area contributed by atoms with Crippen molar-refractivity contribution in [3.8, 4) is 6.19 Å². The van der Waals surface area contributed by atoms with Gasteiger partial charge in [0.1, 0.15) is 0 Å². The topological polar surface area (TPSA) is 42.6 Å². The molecule has 76 valence electrons. The SMILES string of the molecule is CN1Cc2ccccc2N(C)C1=NC#N. The summed E-state index contributed by atoms with van der Waals surface area (Å²) in [5.41, 5.74) is 2.36. The Balaban J connectivity index is 2.48. The normalized spacial score (nSPS) is 17.5. The predicted molar refractivity (Wildman–Crippen MR) is 59.4 cm³/mol. The van der Waals surface area contributed by atoms with E-state index in [4.69, 9.17) is 5.26 Å². The molecule has 0 fully saturated rings. The molecule has 4 heteroatoms. The Labute approximate surface area is 89.1 Å². The number of hydrogen-bond donors (Lipinski definition) is 0. The number of guanidine groups is 1. The van der Waals surface area contributed by atoms with Gasteiger partial charge in [-0.05, 0) is 11.6 Å². The van der Waals surface area contributed by atoms with E-state index in [2.05, 4.69) is 11.1 Å². The number of benzene rings is 1. The zero-order chi connectivity index (χ0) is 10.8. The van der Waals surface area contributed by atoms with Crippen molar-refractivity contribution in [2.24, 2.45) is 4.99 Å². The molecule has 0 amide bonds. The van der Waals surface area contributed by atoms with Gasteiger partial charge in [0.25, 0.3) is 0 Å². The molecule has 4 nitrogen and oxygen atoms in total. The second-order valence-corrected chi connectivity index (χ2v) is 3.56. The maximum absolute atomic E-state index is 8.61. The number of nitriles is 1. The zero-order valence-electron chi connectivity index (χ0n) is 8.81. The van der Waals surface area contributed by atoms with Crippen molar-refractivity contribution in [3.05, 3.63) is 29.8 Å². The summed E-state index contributed by atoms with van der Waals surface area (Å²) in [6.45, 7) is 0.793. The molecule has 0 radical (unpaired) electrons. The maximum Gasteiger partial charge on any atom is 0.216 e. The lowest BCUT2D eigenvalue weighted by Gasteiger charge is -2.35. The summed E-state index contributed by atoms with van der Waals surface area (Å²) < 4.78 is 0. The Morgan fingerprint density at radius 3 is 2.80 bits per heavy atom. The highest BCUT2D eigenvalue weighted by Crippen LogP contribution is 2.25. The van der Waals surface area contributed by atoms with Crippen LogP contribution in [0.25, 0.3) is 0 Å². The molecule has 0 saturated carbocycles. The van der Waals surface area contributed by atoms with Crippen LogP contribution in [-0.2, 0) is 6.54 Å². The average Bonchev–Trinajstić information content (AvgIpc) is 2.24. The van der Waals surface area contributed by atoms with E-state index in [1.807, 2.05) is 48.3 Å². The fraction of sp³-hybridized carbons (Fsp3) is 0.273. The summed E-state index contributed by atoms with van der Waals surface area (Å²) in [6, 6.07) is 8.14. The second-order valence-electron chi connectivity index (χ2n) is 3.56. The molecule has 0 unspecified atom stereocenters. The molecule has 0 saturated heterocycles. The number of nitrogens with zero attached hydrogens (tertiary/aromatic N) is 4. The number of aliphatic imine (C=N–C) groups is 1. The lowest BCUT2D eigenvalue weighted by molar-refractivity contribution is 0.480. The molecule has 15 heavy (non-hydrogen) atoms. The van der Waals surface area contributed by atoms with Crippen LogP contribution in [0.15, 0.2) is 29.3 Å². The molecule has 0 bridgehead atoms. The van der Waals surface area contributed by atoms with E-state index in [-0.39, 0.29) is 0 Å². The van der Waals surface area contributed by atoms with Gasteiger partial charge in [-0.1, -0.05) is 18.2 Å². The van der Waals surface area contributed by atoms with Crippen LogP contribution < -0.4 is 4.90 Å². The van der Waals surface area contributed by atoms with Gasteiger partial charge in [-0.15, -0.1) is 4.99 Å². The van der Waals surface area contributed by atoms with E-state index in [9.17, 15) is 0 Å². The van der Waals surface area contributed by atoms with Crippen LogP contribution in [0.2, 0.25) is 0 Å². The Kier molecular flexibility index (Phi) is 2.30. The number of rotatable bonds is 0. The lowest BCUT2D eigenvalue weighted by Crippen LogP contribution is -2.44. The van der Waals surface area contributed by atoms with Crippen LogP contribution >= 0.6 is 0 Å². The summed E-state index contributed by atoms with van der Waals surface area (Å²) in [5.74, 6) is 0.691. The van der Waals surface area contributed by atoms with Crippen LogP contribution in [0, 0.1) is 11.5 Å². The Bertz CT molecular complexity index is 444. The van der Waals surface area contributed by atoms with E-state index >= 15 is 0 Å². The van der Waals surface area contributed by atoms with E-state index in [0.717, 1.165) is 12.2 Å². The van der Waals surface area contributed by atoms with Crippen molar-refractivity contribution in [2.45, 2.75) is 6.54 Å². The second kappa shape index (κ2) is 3.62. The van der Waals surface area contributed by atoms with Crippen molar-refractivity contribution >= 4 is 11.6 Å².